The van der Waals surface area contributed by atoms with Crippen LogP contribution < -0.4 is 10.6 Å². The van der Waals surface area contributed by atoms with Crippen LogP contribution in [0.2, 0.25) is 5.02 Å². The summed E-state index contributed by atoms with van der Waals surface area (Å²) in [5.41, 5.74) is 4.97. The van der Waals surface area contributed by atoms with Crippen molar-refractivity contribution < 1.29 is 9.21 Å². The van der Waals surface area contributed by atoms with E-state index < -0.39 is 0 Å². The highest BCUT2D eigenvalue weighted by Crippen LogP contribution is 2.45. The molecule has 0 saturated heterocycles. The van der Waals surface area contributed by atoms with Crippen LogP contribution in [0.15, 0.2) is 53.1 Å². The number of rotatable bonds is 6. The van der Waals surface area contributed by atoms with E-state index in [1.807, 2.05) is 44.2 Å². The minimum absolute atomic E-state index is 0.273. The van der Waals surface area contributed by atoms with E-state index >= 15 is 0 Å². The zero-order valence-electron chi connectivity index (χ0n) is 19.0. The Morgan fingerprint density at radius 1 is 1.09 bits per heavy atom. The lowest BCUT2D eigenvalue weighted by Crippen LogP contribution is -2.20. The molecule has 4 aromatic rings. The van der Waals surface area contributed by atoms with E-state index in [-0.39, 0.29) is 17.7 Å². The SMILES string of the molecule is Cc1cc(C)nc(NC(c2ccccc2Cl)c2c(NC(=O)c3ccco3)sc3c2CCCC3)n1. The van der Waals surface area contributed by atoms with Crippen molar-refractivity contribution >= 4 is 39.8 Å². The van der Waals surface area contributed by atoms with Crippen LogP contribution in [-0.4, -0.2) is 15.9 Å². The lowest BCUT2D eigenvalue weighted by Gasteiger charge is -2.24. The summed E-state index contributed by atoms with van der Waals surface area (Å²) in [5.74, 6) is 0.532. The number of aromatic nitrogens is 2. The molecule has 0 aliphatic heterocycles. The summed E-state index contributed by atoms with van der Waals surface area (Å²) in [6.45, 7) is 3.90. The standard InChI is InChI=1S/C26H25ClN4O2S/c1-15-14-16(2)29-26(28-15)30-23(17-8-3-5-10-19(17)27)22-18-9-4-6-12-21(18)34-25(22)31-24(32)20-11-7-13-33-20/h3,5,7-8,10-11,13-14,23H,4,6,9,12H2,1-2H3,(H,31,32)(H,28,29,30). The number of halogens is 1. The summed E-state index contributed by atoms with van der Waals surface area (Å²) in [6.07, 6.45) is 5.70. The highest BCUT2D eigenvalue weighted by Gasteiger charge is 2.30. The molecule has 1 aromatic carbocycles. The first-order valence-electron chi connectivity index (χ1n) is 11.3. The number of benzene rings is 1. The molecule has 0 saturated carbocycles. The van der Waals surface area contributed by atoms with E-state index in [0.29, 0.717) is 11.0 Å². The zero-order chi connectivity index (χ0) is 23.7. The molecule has 1 aliphatic rings. The Bertz CT molecular complexity index is 1310. The van der Waals surface area contributed by atoms with Crippen molar-refractivity contribution in [1.82, 2.24) is 9.97 Å². The number of carbonyl (C=O) groups is 1. The largest absolute Gasteiger partial charge is 0.459 e. The van der Waals surface area contributed by atoms with Crippen LogP contribution in [-0.2, 0) is 12.8 Å². The molecule has 174 valence electrons. The first-order chi connectivity index (χ1) is 16.5. The molecule has 3 heterocycles. The Hall–Kier alpha value is -3.16. The summed E-state index contributed by atoms with van der Waals surface area (Å²) in [5, 5.41) is 8.10. The van der Waals surface area contributed by atoms with Gasteiger partial charge in [-0.1, -0.05) is 29.8 Å². The molecule has 1 amide bonds. The van der Waals surface area contributed by atoms with Gasteiger partial charge < -0.3 is 15.1 Å². The molecule has 2 N–H and O–H groups in total. The predicted octanol–water partition coefficient (Wildman–Crippen LogP) is 6.73. The van der Waals surface area contributed by atoms with Crippen LogP contribution >= 0.6 is 22.9 Å². The van der Waals surface area contributed by atoms with Gasteiger partial charge in [0.05, 0.1) is 12.3 Å². The van der Waals surface area contributed by atoms with Gasteiger partial charge in [0, 0.05) is 26.9 Å². The van der Waals surface area contributed by atoms with E-state index in [2.05, 4.69) is 20.6 Å². The molecule has 0 radical (unpaired) electrons. The van der Waals surface area contributed by atoms with Crippen LogP contribution in [0.5, 0.6) is 0 Å². The van der Waals surface area contributed by atoms with E-state index in [1.165, 1.54) is 16.7 Å². The minimum Gasteiger partial charge on any atom is -0.459 e. The first kappa shape index (κ1) is 22.6. The average molecular weight is 493 g/mol. The molecule has 5 rings (SSSR count). The number of hydrogen-bond donors (Lipinski definition) is 2. The number of furan rings is 1. The fraction of sp³-hybridized carbons (Fsp3) is 0.269. The Balaban J connectivity index is 1.64. The van der Waals surface area contributed by atoms with Crippen LogP contribution in [0.3, 0.4) is 0 Å². The Kier molecular flexibility index (Phi) is 6.39. The molecule has 3 aromatic heterocycles. The number of hydrogen-bond acceptors (Lipinski definition) is 6. The number of thiophene rings is 1. The third kappa shape index (κ3) is 4.58. The molecule has 1 aliphatic carbocycles. The lowest BCUT2D eigenvalue weighted by molar-refractivity contribution is 0.0997. The molecule has 1 unspecified atom stereocenters. The summed E-state index contributed by atoms with van der Waals surface area (Å²) < 4.78 is 5.33. The van der Waals surface area contributed by atoms with Gasteiger partial charge >= 0.3 is 0 Å². The Morgan fingerprint density at radius 3 is 2.59 bits per heavy atom. The van der Waals surface area contributed by atoms with Gasteiger partial charge in [-0.25, -0.2) is 9.97 Å². The second-order valence-electron chi connectivity index (χ2n) is 8.46. The van der Waals surface area contributed by atoms with Crippen molar-refractivity contribution in [3.05, 3.63) is 92.5 Å². The van der Waals surface area contributed by atoms with Gasteiger partial charge in [-0.2, -0.15) is 0 Å². The van der Waals surface area contributed by atoms with Crippen molar-refractivity contribution in [2.45, 2.75) is 45.6 Å². The molecule has 0 spiro atoms. The van der Waals surface area contributed by atoms with E-state index in [0.717, 1.165) is 53.2 Å². The lowest BCUT2D eigenvalue weighted by atomic mass is 9.89. The van der Waals surface area contributed by atoms with Crippen molar-refractivity contribution in [2.75, 3.05) is 10.6 Å². The van der Waals surface area contributed by atoms with Gasteiger partial charge in [0.2, 0.25) is 5.95 Å². The highest BCUT2D eigenvalue weighted by molar-refractivity contribution is 7.16. The summed E-state index contributed by atoms with van der Waals surface area (Å²) in [4.78, 5) is 23.5. The second kappa shape index (κ2) is 9.60. The monoisotopic (exact) mass is 492 g/mol. The predicted molar refractivity (Wildman–Crippen MR) is 136 cm³/mol. The van der Waals surface area contributed by atoms with E-state index in [4.69, 9.17) is 16.0 Å². The van der Waals surface area contributed by atoms with Crippen molar-refractivity contribution in [2.24, 2.45) is 0 Å². The fourth-order valence-electron chi connectivity index (χ4n) is 4.50. The number of nitrogens with one attached hydrogen (secondary N) is 2. The average Bonchev–Trinajstić information content (AvgIpc) is 3.46. The van der Waals surface area contributed by atoms with Gasteiger partial charge in [0.25, 0.3) is 5.91 Å². The van der Waals surface area contributed by atoms with Crippen molar-refractivity contribution in [3.8, 4) is 0 Å². The maximum Gasteiger partial charge on any atom is 0.291 e. The smallest absolute Gasteiger partial charge is 0.291 e. The van der Waals surface area contributed by atoms with Gasteiger partial charge in [-0.3, -0.25) is 4.79 Å². The molecule has 8 heteroatoms. The van der Waals surface area contributed by atoms with Gasteiger partial charge in [0.15, 0.2) is 5.76 Å². The van der Waals surface area contributed by atoms with Crippen molar-refractivity contribution in [1.29, 1.82) is 0 Å². The summed E-state index contributed by atoms with van der Waals surface area (Å²) >= 11 is 8.34. The number of aryl methyl sites for hydroxylation is 3. The normalized spacial score (nSPS) is 13.9. The molecule has 0 bridgehead atoms. The number of nitrogens with zero attached hydrogens (tertiary/aromatic N) is 2. The third-order valence-electron chi connectivity index (χ3n) is 5.94. The summed E-state index contributed by atoms with van der Waals surface area (Å²) in [7, 11) is 0. The maximum atomic E-state index is 12.9. The minimum atomic E-state index is -0.333. The summed E-state index contributed by atoms with van der Waals surface area (Å²) in [6, 6.07) is 12.8. The number of anilines is 2. The van der Waals surface area contributed by atoms with Crippen LogP contribution in [0.25, 0.3) is 0 Å². The van der Waals surface area contributed by atoms with Gasteiger partial charge in [-0.15, -0.1) is 11.3 Å². The topological polar surface area (TPSA) is 80.0 Å². The van der Waals surface area contributed by atoms with Gasteiger partial charge in [-0.05, 0) is 74.9 Å². The van der Waals surface area contributed by atoms with Gasteiger partial charge in [0.1, 0.15) is 5.00 Å². The van der Waals surface area contributed by atoms with E-state index in [9.17, 15) is 4.79 Å². The zero-order valence-corrected chi connectivity index (χ0v) is 20.6. The molecular formula is C26H25ClN4O2S. The van der Waals surface area contributed by atoms with Crippen LogP contribution in [0, 0.1) is 13.8 Å². The van der Waals surface area contributed by atoms with Crippen molar-refractivity contribution in [3.63, 3.8) is 0 Å². The quantitative estimate of drug-likeness (QED) is 0.312. The first-order valence-corrected chi connectivity index (χ1v) is 12.5. The highest BCUT2D eigenvalue weighted by atomic mass is 35.5. The molecule has 1 atom stereocenters. The Labute approximate surface area is 207 Å². The number of carbonyl (C=O) groups excluding carboxylic acids is 1. The molecular weight excluding hydrogens is 468 g/mol. The molecule has 34 heavy (non-hydrogen) atoms. The maximum absolute atomic E-state index is 12.9. The second-order valence-corrected chi connectivity index (χ2v) is 9.97. The third-order valence-corrected chi connectivity index (χ3v) is 7.51. The number of fused-ring (bicyclic) bond motifs is 1. The Morgan fingerprint density at radius 2 is 1.85 bits per heavy atom. The fourth-order valence-corrected chi connectivity index (χ4v) is 6.06. The van der Waals surface area contributed by atoms with Crippen LogP contribution in [0.1, 0.15) is 62.4 Å². The van der Waals surface area contributed by atoms with Crippen LogP contribution in [0.4, 0.5) is 10.9 Å². The van der Waals surface area contributed by atoms with E-state index in [1.54, 1.807) is 23.5 Å². The molecule has 0 fully saturated rings. The number of amides is 1. The molecule has 6 nitrogen and oxygen atoms in total.